The Balaban J connectivity index is 2.53. The average Bonchev–Trinajstić information content (AvgIpc) is 2.09. The Bertz CT molecular complexity index is 241. The third kappa shape index (κ3) is 2.91. The van der Waals surface area contributed by atoms with E-state index in [0.717, 1.165) is 12.8 Å². The van der Waals surface area contributed by atoms with Crippen molar-refractivity contribution < 1.29 is 0 Å². The zero-order valence-corrected chi connectivity index (χ0v) is 7.88. The molecule has 0 spiro atoms. The zero-order chi connectivity index (χ0) is 8.81. The summed E-state index contributed by atoms with van der Waals surface area (Å²) in [4.78, 5) is 0. The molecular weight excluding hydrogens is 144 g/mol. The number of hydrogen-bond acceptors (Lipinski definition) is 0. The predicted molar refractivity (Wildman–Crippen MR) is 54.3 cm³/mol. The van der Waals surface area contributed by atoms with Gasteiger partial charge in [0.1, 0.15) is 0 Å². The van der Waals surface area contributed by atoms with E-state index in [-0.39, 0.29) is 0 Å². The molecule has 12 heavy (non-hydrogen) atoms. The first-order valence-corrected chi connectivity index (χ1v) is 4.53. The lowest BCUT2D eigenvalue weighted by Gasteiger charge is -1.96. The van der Waals surface area contributed by atoms with Gasteiger partial charge in [-0.1, -0.05) is 48.9 Å². The van der Waals surface area contributed by atoms with Crippen LogP contribution in [0.25, 0.3) is 0 Å². The van der Waals surface area contributed by atoms with Crippen LogP contribution in [0.1, 0.15) is 24.5 Å². The molecule has 0 aromatic heterocycles. The Morgan fingerprint density at radius 1 is 1.08 bits per heavy atom. The highest BCUT2D eigenvalue weighted by atomic mass is 13.9. The van der Waals surface area contributed by atoms with Gasteiger partial charge in [0.2, 0.25) is 0 Å². The molecule has 0 amide bonds. The molecule has 1 aromatic carbocycles. The molecule has 1 aromatic rings. The van der Waals surface area contributed by atoms with Crippen LogP contribution < -0.4 is 0 Å². The minimum absolute atomic E-state index is 1.06. The first-order chi connectivity index (χ1) is 5.83. The first kappa shape index (κ1) is 9.05. The Labute approximate surface area is 74.9 Å². The van der Waals surface area contributed by atoms with Gasteiger partial charge in [0.15, 0.2) is 0 Å². The third-order valence-electron chi connectivity index (χ3n) is 1.88. The summed E-state index contributed by atoms with van der Waals surface area (Å²) in [5.74, 6) is 0. The number of allylic oxidation sites excluding steroid dienone is 2. The van der Waals surface area contributed by atoms with Crippen molar-refractivity contribution in [1.29, 1.82) is 0 Å². The minimum Gasteiger partial charge on any atom is -0.0885 e. The van der Waals surface area contributed by atoms with Crippen LogP contribution in [0.4, 0.5) is 0 Å². The fourth-order valence-electron chi connectivity index (χ4n) is 1.11. The van der Waals surface area contributed by atoms with Gasteiger partial charge in [0.05, 0.1) is 0 Å². The maximum Gasteiger partial charge on any atom is -0.00975 e. The summed E-state index contributed by atoms with van der Waals surface area (Å²) in [7, 11) is 0. The van der Waals surface area contributed by atoms with Crippen molar-refractivity contribution in [1.82, 2.24) is 0 Å². The van der Waals surface area contributed by atoms with Crippen molar-refractivity contribution in [2.24, 2.45) is 0 Å². The molecule has 0 heteroatoms. The third-order valence-corrected chi connectivity index (χ3v) is 1.88. The largest absolute Gasteiger partial charge is 0.0885 e. The molecule has 0 saturated carbocycles. The second kappa shape index (κ2) is 4.76. The van der Waals surface area contributed by atoms with Gasteiger partial charge in [-0.15, -0.1) is 0 Å². The van der Waals surface area contributed by atoms with Crippen molar-refractivity contribution in [3.8, 4) is 0 Å². The van der Waals surface area contributed by atoms with Crippen LogP contribution >= 0.6 is 0 Å². The van der Waals surface area contributed by atoms with Crippen molar-refractivity contribution in [2.45, 2.75) is 26.7 Å². The van der Waals surface area contributed by atoms with E-state index in [0.29, 0.717) is 0 Å². The SMILES string of the molecule is CC/C=C\Cc1ccc(C)cc1. The van der Waals surface area contributed by atoms with Gasteiger partial charge in [-0.05, 0) is 25.3 Å². The fourth-order valence-corrected chi connectivity index (χ4v) is 1.11. The van der Waals surface area contributed by atoms with Crippen LogP contribution in [0.5, 0.6) is 0 Å². The summed E-state index contributed by atoms with van der Waals surface area (Å²) in [5, 5.41) is 0. The van der Waals surface area contributed by atoms with Crippen molar-refractivity contribution in [3.05, 3.63) is 47.5 Å². The van der Waals surface area contributed by atoms with Crippen LogP contribution in [0.2, 0.25) is 0 Å². The lowest BCUT2D eigenvalue weighted by Crippen LogP contribution is -1.80. The normalized spacial score (nSPS) is 10.8. The molecule has 0 radical (unpaired) electrons. The summed E-state index contributed by atoms with van der Waals surface area (Å²) >= 11 is 0. The summed E-state index contributed by atoms with van der Waals surface area (Å²) in [6.07, 6.45) is 6.63. The van der Waals surface area contributed by atoms with Gasteiger partial charge in [0.25, 0.3) is 0 Å². The Morgan fingerprint density at radius 2 is 1.75 bits per heavy atom. The number of aryl methyl sites for hydroxylation is 1. The second-order valence-electron chi connectivity index (χ2n) is 3.07. The molecule has 0 aliphatic rings. The summed E-state index contributed by atoms with van der Waals surface area (Å²) < 4.78 is 0. The first-order valence-electron chi connectivity index (χ1n) is 4.53. The molecule has 0 atom stereocenters. The molecule has 0 saturated heterocycles. The van der Waals surface area contributed by atoms with Crippen LogP contribution in [-0.4, -0.2) is 0 Å². The van der Waals surface area contributed by atoms with E-state index < -0.39 is 0 Å². The monoisotopic (exact) mass is 160 g/mol. The van der Waals surface area contributed by atoms with E-state index in [1.165, 1.54) is 11.1 Å². The van der Waals surface area contributed by atoms with Crippen LogP contribution in [0.3, 0.4) is 0 Å². The number of hydrogen-bond donors (Lipinski definition) is 0. The quantitative estimate of drug-likeness (QED) is 0.594. The summed E-state index contributed by atoms with van der Waals surface area (Å²) in [6, 6.07) is 8.70. The predicted octanol–water partition coefficient (Wildman–Crippen LogP) is 3.50. The molecule has 0 bridgehead atoms. The lowest BCUT2D eigenvalue weighted by molar-refractivity contribution is 1.18. The zero-order valence-electron chi connectivity index (χ0n) is 7.88. The Hall–Kier alpha value is -1.04. The fraction of sp³-hybridized carbons (Fsp3) is 0.333. The van der Waals surface area contributed by atoms with E-state index in [2.05, 4.69) is 50.3 Å². The molecule has 0 unspecified atom stereocenters. The van der Waals surface area contributed by atoms with Crippen LogP contribution in [0, 0.1) is 6.92 Å². The van der Waals surface area contributed by atoms with Crippen LogP contribution in [-0.2, 0) is 6.42 Å². The maximum absolute atomic E-state index is 2.23. The molecule has 0 nitrogen and oxygen atoms in total. The van der Waals surface area contributed by atoms with Crippen LogP contribution in [0.15, 0.2) is 36.4 Å². The molecule has 1 rings (SSSR count). The highest BCUT2D eigenvalue weighted by Crippen LogP contribution is 2.04. The standard InChI is InChI=1S/C12H16/c1-3-4-5-6-12-9-7-11(2)8-10-12/h4-5,7-10H,3,6H2,1-2H3/b5-4-. The van der Waals surface area contributed by atoms with Gasteiger partial charge in [-0.25, -0.2) is 0 Å². The van der Waals surface area contributed by atoms with Crippen molar-refractivity contribution in [2.75, 3.05) is 0 Å². The lowest BCUT2D eigenvalue weighted by atomic mass is 10.1. The highest BCUT2D eigenvalue weighted by molar-refractivity contribution is 5.22. The van der Waals surface area contributed by atoms with E-state index in [9.17, 15) is 0 Å². The van der Waals surface area contributed by atoms with Crippen molar-refractivity contribution >= 4 is 0 Å². The molecule has 64 valence electrons. The summed E-state index contributed by atoms with van der Waals surface area (Å²) in [5.41, 5.74) is 2.73. The van der Waals surface area contributed by atoms with Gasteiger partial charge in [-0.2, -0.15) is 0 Å². The van der Waals surface area contributed by atoms with E-state index >= 15 is 0 Å². The van der Waals surface area contributed by atoms with Gasteiger partial charge < -0.3 is 0 Å². The van der Waals surface area contributed by atoms with Gasteiger partial charge >= 0.3 is 0 Å². The summed E-state index contributed by atoms with van der Waals surface area (Å²) in [6.45, 7) is 4.28. The highest BCUT2D eigenvalue weighted by Gasteiger charge is 1.87. The molecule has 0 heterocycles. The van der Waals surface area contributed by atoms with Crippen molar-refractivity contribution in [3.63, 3.8) is 0 Å². The maximum atomic E-state index is 2.23. The molecule has 0 aliphatic heterocycles. The smallest absolute Gasteiger partial charge is 0.00975 e. The second-order valence-corrected chi connectivity index (χ2v) is 3.07. The average molecular weight is 160 g/mol. The number of benzene rings is 1. The van der Waals surface area contributed by atoms with E-state index in [4.69, 9.17) is 0 Å². The molecular formula is C12H16. The van der Waals surface area contributed by atoms with E-state index in [1.807, 2.05) is 0 Å². The molecule has 0 N–H and O–H groups in total. The van der Waals surface area contributed by atoms with E-state index in [1.54, 1.807) is 0 Å². The Morgan fingerprint density at radius 3 is 2.33 bits per heavy atom. The molecule has 0 aliphatic carbocycles. The minimum atomic E-state index is 1.06. The Kier molecular flexibility index (Phi) is 3.59. The molecule has 0 fully saturated rings. The number of rotatable bonds is 3. The topological polar surface area (TPSA) is 0 Å². The van der Waals surface area contributed by atoms with Gasteiger partial charge in [0, 0.05) is 0 Å². The van der Waals surface area contributed by atoms with Gasteiger partial charge in [-0.3, -0.25) is 0 Å².